The highest BCUT2D eigenvalue weighted by Gasteiger charge is 2.20. The van der Waals surface area contributed by atoms with Gasteiger partial charge in [-0.2, -0.15) is 0 Å². The van der Waals surface area contributed by atoms with E-state index in [4.69, 9.17) is 19.1 Å². The van der Waals surface area contributed by atoms with Gasteiger partial charge in [-0.1, -0.05) is 17.3 Å². The molecular formula is C14H13NO5. The van der Waals surface area contributed by atoms with Crippen LogP contribution in [-0.2, 0) is 4.74 Å². The summed E-state index contributed by atoms with van der Waals surface area (Å²) in [4.78, 5) is 10.8. The summed E-state index contributed by atoms with van der Waals surface area (Å²) in [6.07, 6.45) is 0.850. The fourth-order valence-electron chi connectivity index (χ4n) is 2.06. The number of ether oxygens (including phenoxy) is 2. The SMILES string of the molecule is O=C(O)c1cc(-c2ccccc2OC2CCOC2)on1. The predicted molar refractivity (Wildman–Crippen MR) is 68.8 cm³/mol. The molecule has 0 amide bonds. The molecule has 1 aliphatic heterocycles. The first-order valence-corrected chi connectivity index (χ1v) is 6.28. The van der Waals surface area contributed by atoms with Gasteiger partial charge in [0.15, 0.2) is 11.5 Å². The third-order valence-electron chi connectivity index (χ3n) is 3.06. The molecule has 20 heavy (non-hydrogen) atoms. The summed E-state index contributed by atoms with van der Waals surface area (Å²) in [6, 6.07) is 8.68. The van der Waals surface area contributed by atoms with Crippen molar-refractivity contribution >= 4 is 5.97 Å². The number of carboxylic acids is 1. The van der Waals surface area contributed by atoms with E-state index in [-0.39, 0.29) is 11.8 Å². The minimum absolute atomic E-state index is 0.0121. The lowest BCUT2D eigenvalue weighted by atomic mass is 10.1. The van der Waals surface area contributed by atoms with E-state index in [1.54, 1.807) is 6.07 Å². The number of nitrogens with zero attached hydrogens (tertiary/aromatic N) is 1. The minimum atomic E-state index is -1.12. The topological polar surface area (TPSA) is 81.8 Å². The summed E-state index contributed by atoms with van der Waals surface area (Å²) >= 11 is 0. The van der Waals surface area contributed by atoms with Crippen LogP contribution in [-0.4, -0.2) is 35.6 Å². The third-order valence-corrected chi connectivity index (χ3v) is 3.06. The molecule has 0 spiro atoms. The number of para-hydroxylation sites is 1. The van der Waals surface area contributed by atoms with Crippen molar-refractivity contribution in [3.63, 3.8) is 0 Å². The number of aromatic carboxylic acids is 1. The summed E-state index contributed by atoms with van der Waals surface area (Å²) in [5.41, 5.74) is 0.554. The van der Waals surface area contributed by atoms with Crippen molar-refractivity contribution in [2.75, 3.05) is 13.2 Å². The van der Waals surface area contributed by atoms with Crippen LogP contribution in [0.15, 0.2) is 34.9 Å². The zero-order chi connectivity index (χ0) is 13.9. The van der Waals surface area contributed by atoms with E-state index >= 15 is 0 Å². The summed E-state index contributed by atoms with van der Waals surface area (Å²) in [5, 5.41) is 12.4. The van der Waals surface area contributed by atoms with Crippen molar-refractivity contribution in [2.45, 2.75) is 12.5 Å². The maximum atomic E-state index is 10.8. The van der Waals surface area contributed by atoms with Crippen molar-refractivity contribution in [1.29, 1.82) is 0 Å². The molecule has 1 atom stereocenters. The molecular weight excluding hydrogens is 262 g/mol. The Bertz CT molecular complexity index is 616. The average molecular weight is 275 g/mol. The minimum Gasteiger partial charge on any atom is -0.487 e. The molecule has 6 heteroatoms. The zero-order valence-electron chi connectivity index (χ0n) is 10.6. The van der Waals surface area contributed by atoms with Gasteiger partial charge < -0.3 is 19.1 Å². The predicted octanol–water partition coefficient (Wildman–Crippen LogP) is 2.21. The number of carboxylic acid groups (broad SMARTS) is 1. The van der Waals surface area contributed by atoms with Gasteiger partial charge >= 0.3 is 5.97 Å². The molecule has 1 aromatic carbocycles. The van der Waals surface area contributed by atoms with Gasteiger partial charge in [0, 0.05) is 12.5 Å². The van der Waals surface area contributed by atoms with Crippen LogP contribution >= 0.6 is 0 Å². The molecule has 1 saturated heterocycles. The fourth-order valence-corrected chi connectivity index (χ4v) is 2.06. The Labute approximate surface area is 114 Å². The molecule has 0 saturated carbocycles. The Balaban J connectivity index is 1.89. The van der Waals surface area contributed by atoms with E-state index in [0.717, 1.165) is 6.42 Å². The Morgan fingerprint density at radius 1 is 1.40 bits per heavy atom. The highest BCUT2D eigenvalue weighted by molar-refractivity contribution is 5.86. The summed E-state index contributed by atoms with van der Waals surface area (Å²) in [7, 11) is 0. The Morgan fingerprint density at radius 3 is 2.95 bits per heavy atom. The first kappa shape index (κ1) is 12.7. The first-order valence-electron chi connectivity index (χ1n) is 6.28. The molecule has 0 bridgehead atoms. The van der Waals surface area contributed by atoms with E-state index in [1.807, 2.05) is 18.2 Å². The molecule has 104 valence electrons. The van der Waals surface area contributed by atoms with Crippen LogP contribution in [0.2, 0.25) is 0 Å². The smallest absolute Gasteiger partial charge is 0.358 e. The van der Waals surface area contributed by atoms with Crippen molar-refractivity contribution in [1.82, 2.24) is 5.16 Å². The van der Waals surface area contributed by atoms with Crippen LogP contribution < -0.4 is 4.74 Å². The van der Waals surface area contributed by atoms with Gasteiger partial charge in [-0.25, -0.2) is 4.79 Å². The van der Waals surface area contributed by atoms with Crippen LogP contribution in [0, 0.1) is 0 Å². The van der Waals surface area contributed by atoms with Crippen molar-refractivity contribution in [3.05, 3.63) is 36.0 Å². The molecule has 2 heterocycles. The van der Waals surface area contributed by atoms with Crippen LogP contribution in [0.1, 0.15) is 16.9 Å². The number of benzene rings is 1. The molecule has 0 radical (unpaired) electrons. The first-order chi connectivity index (χ1) is 9.74. The number of rotatable bonds is 4. The van der Waals surface area contributed by atoms with Crippen LogP contribution in [0.25, 0.3) is 11.3 Å². The fraction of sp³-hybridized carbons (Fsp3) is 0.286. The van der Waals surface area contributed by atoms with Gasteiger partial charge in [-0.15, -0.1) is 0 Å². The monoisotopic (exact) mass is 275 g/mol. The Morgan fingerprint density at radius 2 is 2.25 bits per heavy atom. The lowest BCUT2D eigenvalue weighted by Crippen LogP contribution is -2.16. The van der Waals surface area contributed by atoms with Crippen molar-refractivity contribution in [2.24, 2.45) is 0 Å². The average Bonchev–Trinajstić information content (AvgIpc) is 3.10. The van der Waals surface area contributed by atoms with E-state index < -0.39 is 5.97 Å². The highest BCUT2D eigenvalue weighted by Crippen LogP contribution is 2.31. The maximum Gasteiger partial charge on any atom is 0.358 e. The standard InChI is InChI=1S/C14H13NO5/c16-14(17)11-7-13(20-15-11)10-3-1-2-4-12(10)19-9-5-6-18-8-9/h1-4,7,9H,5-6,8H2,(H,16,17). The number of aromatic nitrogens is 1. The number of hydrogen-bond donors (Lipinski definition) is 1. The largest absolute Gasteiger partial charge is 0.487 e. The van der Waals surface area contributed by atoms with Crippen LogP contribution in [0.3, 0.4) is 0 Å². The van der Waals surface area contributed by atoms with Gasteiger partial charge in [0.1, 0.15) is 11.9 Å². The number of carbonyl (C=O) groups is 1. The van der Waals surface area contributed by atoms with Crippen LogP contribution in [0.4, 0.5) is 0 Å². The van der Waals surface area contributed by atoms with Crippen molar-refractivity contribution < 1.29 is 23.9 Å². The Kier molecular flexibility index (Phi) is 3.39. The molecule has 1 unspecified atom stereocenters. The van der Waals surface area contributed by atoms with Gasteiger partial charge in [0.2, 0.25) is 0 Å². The molecule has 1 N–H and O–H groups in total. The molecule has 1 aromatic heterocycles. The molecule has 2 aromatic rings. The molecule has 3 rings (SSSR count). The highest BCUT2D eigenvalue weighted by atomic mass is 16.5. The molecule has 1 fully saturated rings. The summed E-state index contributed by atoms with van der Waals surface area (Å²) < 4.78 is 16.2. The van der Waals surface area contributed by atoms with Gasteiger partial charge in [-0.3, -0.25) is 0 Å². The van der Waals surface area contributed by atoms with E-state index in [1.165, 1.54) is 6.07 Å². The summed E-state index contributed by atoms with van der Waals surface area (Å²) in [6.45, 7) is 1.25. The van der Waals surface area contributed by atoms with Gasteiger partial charge in [0.05, 0.1) is 18.8 Å². The normalized spacial score (nSPS) is 18.1. The summed E-state index contributed by atoms with van der Waals surface area (Å²) in [5.74, 6) is -0.115. The van der Waals surface area contributed by atoms with E-state index in [2.05, 4.69) is 5.16 Å². The van der Waals surface area contributed by atoms with E-state index in [0.29, 0.717) is 30.3 Å². The second-order valence-corrected chi connectivity index (χ2v) is 4.48. The maximum absolute atomic E-state index is 10.8. The zero-order valence-corrected chi connectivity index (χ0v) is 10.6. The lowest BCUT2D eigenvalue weighted by molar-refractivity contribution is 0.0686. The Hall–Kier alpha value is -2.34. The molecule has 6 nitrogen and oxygen atoms in total. The van der Waals surface area contributed by atoms with Gasteiger partial charge in [0.25, 0.3) is 0 Å². The second kappa shape index (κ2) is 5.34. The number of hydrogen-bond acceptors (Lipinski definition) is 5. The lowest BCUT2D eigenvalue weighted by Gasteiger charge is -2.14. The van der Waals surface area contributed by atoms with Crippen molar-refractivity contribution in [3.8, 4) is 17.1 Å². The second-order valence-electron chi connectivity index (χ2n) is 4.48. The molecule has 1 aliphatic rings. The molecule has 0 aliphatic carbocycles. The van der Waals surface area contributed by atoms with Crippen LogP contribution in [0.5, 0.6) is 5.75 Å². The van der Waals surface area contributed by atoms with E-state index in [9.17, 15) is 4.79 Å². The van der Waals surface area contributed by atoms with Gasteiger partial charge in [-0.05, 0) is 12.1 Å². The quantitative estimate of drug-likeness (QED) is 0.921. The third kappa shape index (κ3) is 2.50.